The minimum atomic E-state index is -0.777. The van der Waals surface area contributed by atoms with Crippen LogP contribution < -0.4 is 5.32 Å². The highest BCUT2D eigenvalue weighted by Gasteiger charge is 2.11. The fourth-order valence-electron chi connectivity index (χ4n) is 2.28. The molecule has 0 aliphatic rings. The Balaban J connectivity index is 1.87. The van der Waals surface area contributed by atoms with Crippen molar-refractivity contribution >= 4 is 0 Å². The van der Waals surface area contributed by atoms with Crippen molar-refractivity contribution in [3.8, 4) is 11.5 Å². The van der Waals surface area contributed by atoms with E-state index in [0.29, 0.717) is 12.1 Å². The molecule has 0 bridgehead atoms. The van der Waals surface area contributed by atoms with Gasteiger partial charge in [0.25, 0.3) is 0 Å². The first-order valence-corrected chi connectivity index (χ1v) is 7.03. The molecular weight excluding hydrogens is 266 g/mol. The summed E-state index contributed by atoms with van der Waals surface area (Å²) in [6.45, 7) is 2.41. The van der Waals surface area contributed by atoms with E-state index in [9.17, 15) is 15.3 Å². The Kier molecular flexibility index (Phi) is 5.20. The number of aromatic hydroxyl groups is 2. The van der Waals surface area contributed by atoms with Crippen LogP contribution in [0.4, 0.5) is 0 Å². The zero-order valence-electron chi connectivity index (χ0n) is 12.0. The van der Waals surface area contributed by atoms with Crippen LogP contribution in [0.5, 0.6) is 11.5 Å². The molecule has 0 aliphatic carbocycles. The zero-order chi connectivity index (χ0) is 15.2. The second-order valence-corrected chi connectivity index (χ2v) is 5.30. The van der Waals surface area contributed by atoms with Crippen molar-refractivity contribution in [1.82, 2.24) is 5.32 Å². The summed E-state index contributed by atoms with van der Waals surface area (Å²) >= 11 is 0. The van der Waals surface area contributed by atoms with Crippen LogP contribution in [0.25, 0.3) is 0 Å². The Hall–Kier alpha value is -2.04. The van der Waals surface area contributed by atoms with E-state index in [1.54, 1.807) is 0 Å². The SMILES string of the molecule is C[C@H](Cc1ccccc1)NC[C@@H](O)c1cc(O)cc(O)c1. The van der Waals surface area contributed by atoms with Crippen molar-refractivity contribution in [3.63, 3.8) is 0 Å². The molecule has 112 valence electrons. The van der Waals surface area contributed by atoms with E-state index in [4.69, 9.17) is 0 Å². The van der Waals surface area contributed by atoms with Crippen LogP contribution in [0.3, 0.4) is 0 Å². The van der Waals surface area contributed by atoms with E-state index in [1.807, 2.05) is 18.2 Å². The van der Waals surface area contributed by atoms with Crippen LogP contribution in [0.1, 0.15) is 24.2 Å². The summed E-state index contributed by atoms with van der Waals surface area (Å²) in [6, 6.07) is 14.5. The summed E-state index contributed by atoms with van der Waals surface area (Å²) in [5, 5.41) is 32.2. The van der Waals surface area contributed by atoms with Gasteiger partial charge in [0.2, 0.25) is 0 Å². The summed E-state index contributed by atoms with van der Waals surface area (Å²) in [5.74, 6) is -0.109. The maximum absolute atomic E-state index is 10.1. The van der Waals surface area contributed by atoms with Crippen LogP contribution >= 0.6 is 0 Å². The minimum absolute atomic E-state index is 0.0543. The molecule has 0 unspecified atom stereocenters. The first-order valence-electron chi connectivity index (χ1n) is 7.03. The fraction of sp³-hybridized carbons (Fsp3) is 0.294. The van der Waals surface area contributed by atoms with Crippen molar-refractivity contribution in [2.75, 3.05) is 6.54 Å². The number of hydrogen-bond acceptors (Lipinski definition) is 4. The van der Waals surface area contributed by atoms with Crippen molar-refractivity contribution in [2.24, 2.45) is 0 Å². The van der Waals surface area contributed by atoms with E-state index >= 15 is 0 Å². The van der Waals surface area contributed by atoms with Gasteiger partial charge in [0.05, 0.1) is 6.10 Å². The topological polar surface area (TPSA) is 72.7 Å². The predicted molar refractivity (Wildman–Crippen MR) is 82.3 cm³/mol. The summed E-state index contributed by atoms with van der Waals surface area (Å²) in [6.07, 6.45) is 0.0972. The molecule has 2 aromatic carbocycles. The molecule has 0 saturated heterocycles. The molecule has 0 aromatic heterocycles. The number of hydrogen-bond donors (Lipinski definition) is 4. The largest absolute Gasteiger partial charge is 0.508 e. The molecule has 0 amide bonds. The molecule has 21 heavy (non-hydrogen) atoms. The number of aliphatic hydroxyl groups is 1. The van der Waals surface area contributed by atoms with Gasteiger partial charge < -0.3 is 20.6 Å². The van der Waals surface area contributed by atoms with Crippen LogP contribution in [-0.4, -0.2) is 27.9 Å². The highest BCUT2D eigenvalue weighted by molar-refractivity contribution is 5.37. The van der Waals surface area contributed by atoms with Crippen molar-refractivity contribution in [1.29, 1.82) is 0 Å². The van der Waals surface area contributed by atoms with E-state index in [1.165, 1.54) is 23.8 Å². The molecule has 2 rings (SSSR count). The third-order valence-corrected chi connectivity index (χ3v) is 3.35. The first-order chi connectivity index (χ1) is 10.0. The second-order valence-electron chi connectivity index (χ2n) is 5.30. The predicted octanol–water partition coefficient (Wildman–Crippen LogP) is 2.35. The van der Waals surface area contributed by atoms with E-state index in [-0.39, 0.29) is 17.5 Å². The number of phenols is 2. The highest BCUT2D eigenvalue weighted by Crippen LogP contribution is 2.24. The summed E-state index contributed by atoms with van der Waals surface area (Å²) in [5.41, 5.74) is 1.73. The molecule has 0 spiro atoms. The van der Waals surface area contributed by atoms with E-state index in [0.717, 1.165) is 6.42 Å². The van der Waals surface area contributed by atoms with E-state index in [2.05, 4.69) is 24.4 Å². The Bertz CT molecular complexity index is 551. The molecule has 4 nitrogen and oxygen atoms in total. The van der Waals surface area contributed by atoms with Crippen molar-refractivity contribution < 1.29 is 15.3 Å². The van der Waals surface area contributed by atoms with Crippen LogP contribution in [0.2, 0.25) is 0 Å². The standard InChI is InChI=1S/C17H21NO3/c1-12(7-13-5-3-2-4-6-13)18-11-17(21)14-8-15(19)10-16(20)9-14/h2-6,8-10,12,17-21H,7,11H2,1H3/t12-,17-/m1/s1. The average molecular weight is 287 g/mol. The molecule has 0 fully saturated rings. The molecule has 0 heterocycles. The van der Waals surface area contributed by atoms with Crippen LogP contribution in [-0.2, 0) is 6.42 Å². The lowest BCUT2D eigenvalue weighted by Gasteiger charge is -2.18. The van der Waals surface area contributed by atoms with Gasteiger partial charge in [-0.1, -0.05) is 30.3 Å². The normalized spacial score (nSPS) is 13.8. The third-order valence-electron chi connectivity index (χ3n) is 3.35. The monoisotopic (exact) mass is 287 g/mol. The maximum Gasteiger partial charge on any atom is 0.119 e. The molecular formula is C17H21NO3. The maximum atomic E-state index is 10.1. The van der Waals surface area contributed by atoms with Gasteiger partial charge in [0.1, 0.15) is 11.5 Å². The number of nitrogens with one attached hydrogen (secondary N) is 1. The summed E-state index contributed by atoms with van der Waals surface area (Å²) in [4.78, 5) is 0. The Morgan fingerprint density at radius 1 is 1.00 bits per heavy atom. The van der Waals surface area contributed by atoms with Gasteiger partial charge in [0, 0.05) is 18.7 Å². The number of rotatable bonds is 6. The lowest BCUT2D eigenvalue weighted by atomic mass is 10.1. The number of aliphatic hydroxyl groups excluding tert-OH is 1. The van der Waals surface area contributed by atoms with Crippen molar-refractivity contribution in [3.05, 3.63) is 59.7 Å². The molecule has 0 aliphatic heterocycles. The van der Waals surface area contributed by atoms with Crippen LogP contribution in [0.15, 0.2) is 48.5 Å². The minimum Gasteiger partial charge on any atom is -0.508 e. The molecule has 2 aromatic rings. The first kappa shape index (κ1) is 15.4. The van der Waals surface area contributed by atoms with Gasteiger partial charge in [-0.05, 0) is 36.6 Å². The summed E-state index contributed by atoms with van der Waals surface area (Å²) < 4.78 is 0. The molecule has 0 radical (unpaired) electrons. The van der Waals surface area contributed by atoms with Gasteiger partial charge in [-0.2, -0.15) is 0 Å². The zero-order valence-corrected chi connectivity index (χ0v) is 12.0. The van der Waals surface area contributed by atoms with Crippen molar-refractivity contribution in [2.45, 2.75) is 25.5 Å². The second kappa shape index (κ2) is 7.11. The number of benzene rings is 2. The molecule has 4 N–H and O–H groups in total. The lowest BCUT2D eigenvalue weighted by Crippen LogP contribution is -2.32. The Labute approximate surface area is 124 Å². The lowest BCUT2D eigenvalue weighted by molar-refractivity contribution is 0.170. The van der Waals surface area contributed by atoms with E-state index < -0.39 is 6.10 Å². The smallest absolute Gasteiger partial charge is 0.119 e. The average Bonchev–Trinajstić information content (AvgIpc) is 2.45. The van der Waals surface area contributed by atoms with Crippen LogP contribution in [0, 0.1) is 0 Å². The highest BCUT2D eigenvalue weighted by atomic mass is 16.3. The molecule has 2 atom stereocenters. The van der Waals surface area contributed by atoms with Gasteiger partial charge in [0.15, 0.2) is 0 Å². The summed E-state index contributed by atoms with van der Waals surface area (Å²) in [7, 11) is 0. The third kappa shape index (κ3) is 4.77. The van der Waals surface area contributed by atoms with Gasteiger partial charge in [-0.3, -0.25) is 0 Å². The van der Waals surface area contributed by atoms with Gasteiger partial charge >= 0.3 is 0 Å². The number of phenolic OH excluding ortho intramolecular Hbond substituents is 2. The van der Waals surface area contributed by atoms with Gasteiger partial charge in [-0.15, -0.1) is 0 Å². The Morgan fingerprint density at radius 2 is 1.62 bits per heavy atom. The fourth-order valence-corrected chi connectivity index (χ4v) is 2.28. The quantitative estimate of drug-likeness (QED) is 0.658. The molecule has 0 saturated carbocycles. The Morgan fingerprint density at radius 3 is 2.24 bits per heavy atom. The van der Waals surface area contributed by atoms with Gasteiger partial charge in [-0.25, -0.2) is 0 Å². The molecule has 4 heteroatoms.